The molecule has 1 aliphatic rings. The summed E-state index contributed by atoms with van der Waals surface area (Å²) in [5, 5.41) is 11.6. The minimum absolute atomic E-state index is 0.00467. The van der Waals surface area contributed by atoms with Crippen LogP contribution in [0.2, 0.25) is 0 Å². The standard InChI is InChI=1S/C24H18N4O2/c1-2-13-5-8-19-15(10-13)11-17(24(29)28-19)20-16-7-6-14-4-3-9-27-21(14)22(16)30-23(26)18(20)12-25/h3-11,20H,2,26H2,1H3,(H,28,29)/t20-/m0/s1. The van der Waals surface area contributed by atoms with Crippen molar-refractivity contribution in [3.63, 3.8) is 0 Å². The lowest BCUT2D eigenvalue weighted by Gasteiger charge is -2.26. The van der Waals surface area contributed by atoms with Gasteiger partial charge < -0.3 is 15.5 Å². The normalized spacial score (nSPS) is 15.7. The highest BCUT2D eigenvalue weighted by Gasteiger charge is 2.33. The van der Waals surface area contributed by atoms with E-state index in [9.17, 15) is 10.1 Å². The van der Waals surface area contributed by atoms with Crippen LogP contribution in [-0.4, -0.2) is 9.97 Å². The number of aromatic nitrogens is 2. The van der Waals surface area contributed by atoms with E-state index in [2.05, 4.69) is 29.0 Å². The van der Waals surface area contributed by atoms with Crippen LogP contribution in [0.15, 0.2) is 71.0 Å². The number of nitrogens with zero attached hydrogens (tertiary/aromatic N) is 2. The Morgan fingerprint density at radius 1 is 1.17 bits per heavy atom. The summed E-state index contributed by atoms with van der Waals surface area (Å²) in [6, 6.07) is 17.5. The van der Waals surface area contributed by atoms with Crippen molar-refractivity contribution in [3.05, 3.63) is 93.2 Å². The number of aromatic amines is 1. The molecule has 0 amide bonds. The zero-order valence-corrected chi connectivity index (χ0v) is 16.3. The summed E-state index contributed by atoms with van der Waals surface area (Å²) in [5.74, 6) is -0.157. The van der Waals surface area contributed by atoms with Crippen LogP contribution in [0.25, 0.3) is 21.8 Å². The van der Waals surface area contributed by atoms with Gasteiger partial charge >= 0.3 is 0 Å². The van der Waals surface area contributed by atoms with Crippen molar-refractivity contribution >= 4 is 21.8 Å². The SMILES string of the molecule is CCc1ccc2[nH]c(=O)c([C@H]3C(C#N)=C(N)Oc4c3ccc3cccnc43)cc2c1. The number of nitriles is 1. The first-order valence-corrected chi connectivity index (χ1v) is 9.71. The van der Waals surface area contributed by atoms with Gasteiger partial charge in [0.2, 0.25) is 5.88 Å². The van der Waals surface area contributed by atoms with Gasteiger partial charge in [0.1, 0.15) is 17.2 Å². The molecule has 2 aromatic carbocycles. The molecular formula is C24H18N4O2. The van der Waals surface area contributed by atoms with Gasteiger partial charge in [0.15, 0.2) is 5.75 Å². The highest BCUT2D eigenvalue weighted by molar-refractivity contribution is 5.87. The minimum atomic E-state index is -0.636. The molecule has 0 spiro atoms. The Morgan fingerprint density at radius 2 is 2.03 bits per heavy atom. The van der Waals surface area contributed by atoms with Gasteiger partial charge in [-0.1, -0.05) is 31.2 Å². The molecule has 4 aromatic rings. The number of allylic oxidation sites excluding steroid dienone is 1. The Morgan fingerprint density at radius 3 is 2.83 bits per heavy atom. The Balaban J connectivity index is 1.82. The fraction of sp³-hybridized carbons (Fsp3) is 0.125. The molecule has 0 aliphatic carbocycles. The van der Waals surface area contributed by atoms with Crippen molar-refractivity contribution in [2.24, 2.45) is 5.73 Å². The average molecular weight is 394 g/mol. The first-order chi connectivity index (χ1) is 14.6. The largest absolute Gasteiger partial charge is 0.438 e. The Bertz CT molecular complexity index is 1460. The Hall–Kier alpha value is -4.11. The van der Waals surface area contributed by atoms with Crippen LogP contribution in [0.1, 0.15) is 29.5 Å². The summed E-state index contributed by atoms with van der Waals surface area (Å²) < 4.78 is 5.82. The Kier molecular flexibility index (Phi) is 4.04. The molecule has 0 unspecified atom stereocenters. The maximum Gasteiger partial charge on any atom is 0.252 e. The van der Waals surface area contributed by atoms with Crippen molar-refractivity contribution in [2.75, 3.05) is 0 Å². The molecule has 6 nitrogen and oxygen atoms in total. The molecule has 0 radical (unpaired) electrons. The third-order valence-electron chi connectivity index (χ3n) is 5.61. The number of fused-ring (bicyclic) bond motifs is 4. The minimum Gasteiger partial charge on any atom is -0.438 e. The molecule has 6 heteroatoms. The molecule has 30 heavy (non-hydrogen) atoms. The summed E-state index contributed by atoms with van der Waals surface area (Å²) in [6.07, 6.45) is 2.56. The molecule has 0 saturated carbocycles. The second-order valence-electron chi connectivity index (χ2n) is 7.31. The van der Waals surface area contributed by atoms with Gasteiger partial charge in [-0.2, -0.15) is 5.26 Å². The maximum atomic E-state index is 13.0. The fourth-order valence-electron chi connectivity index (χ4n) is 4.08. The third-order valence-corrected chi connectivity index (χ3v) is 5.61. The number of aryl methyl sites for hydroxylation is 1. The van der Waals surface area contributed by atoms with Gasteiger partial charge in [-0.15, -0.1) is 0 Å². The van der Waals surface area contributed by atoms with E-state index >= 15 is 0 Å². The van der Waals surface area contributed by atoms with Gasteiger partial charge in [0.05, 0.1) is 5.92 Å². The molecule has 1 aliphatic heterocycles. The first-order valence-electron chi connectivity index (χ1n) is 9.71. The van der Waals surface area contributed by atoms with Gasteiger partial charge in [0.25, 0.3) is 5.56 Å². The van der Waals surface area contributed by atoms with Crippen LogP contribution in [0.4, 0.5) is 0 Å². The second kappa shape index (κ2) is 6.75. The summed E-state index contributed by atoms with van der Waals surface area (Å²) in [5.41, 5.74) is 9.80. The zero-order chi connectivity index (χ0) is 20.8. The Labute approximate surface area is 172 Å². The van der Waals surface area contributed by atoms with Crippen LogP contribution in [0, 0.1) is 11.3 Å². The van der Waals surface area contributed by atoms with Crippen molar-refractivity contribution in [2.45, 2.75) is 19.3 Å². The summed E-state index contributed by atoms with van der Waals surface area (Å²) in [6.45, 7) is 2.08. The van der Waals surface area contributed by atoms with Crippen molar-refractivity contribution in [1.29, 1.82) is 5.26 Å². The number of nitrogens with one attached hydrogen (secondary N) is 1. The molecule has 0 bridgehead atoms. The van der Waals surface area contributed by atoms with E-state index in [4.69, 9.17) is 10.5 Å². The molecule has 5 rings (SSSR count). The molecule has 146 valence electrons. The van der Waals surface area contributed by atoms with Crippen molar-refractivity contribution < 1.29 is 4.74 Å². The van der Waals surface area contributed by atoms with E-state index in [-0.39, 0.29) is 17.0 Å². The van der Waals surface area contributed by atoms with Gasteiger partial charge in [-0.25, -0.2) is 0 Å². The molecule has 1 atom stereocenters. The monoisotopic (exact) mass is 394 g/mol. The van der Waals surface area contributed by atoms with Crippen LogP contribution < -0.4 is 16.0 Å². The van der Waals surface area contributed by atoms with Crippen LogP contribution in [0.5, 0.6) is 5.75 Å². The number of hydrogen-bond acceptors (Lipinski definition) is 5. The van der Waals surface area contributed by atoms with Crippen LogP contribution in [-0.2, 0) is 6.42 Å². The van der Waals surface area contributed by atoms with Crippen LogP contribution in [0.3, 0.4) is 0 Å². The second-order valence-corrected chi connectivity index (χ2v) is 7.31. The van der Waals surface area contributed by atoms with Crippen molar-refractivity contribution in [3.8, 4) is 11.8 Å². The van der Waals surface area contributed by atoms with Gasteiger partial charge in [-0.3, -0.25) is 9.78 Å². The predicted octanol–water partition coefficient (Wildman–Crippen LogP) is 3.86. The summed E-state index contributed by atoms with van der Waals surface area (Å²) >= 11 is 0. The molecular weight excluding hydrogens is 376 g/mol. The van der Waals surface area contributed by atoms with E-state index in [1.54, 1.807) is 6.20 Å². The molecule has 3 heterocycles. The van der Waals surface area contributed by atoms with E-state index in [0.717, 1.165) is 22.7 Å². The fourth-order valence-corrected chi connectivity index (χ4v) is 4.08. The number of nitrogens with two attached hydrogens (primary N) is 1. The molecule has 3 N–H and O–H groups in total. The van der Waals surface area contributed by atoms with E-state index in [0.29, 0.717) is 22.4 Å². The van der Waals surface area contributed by atoms with E-state index in [1.807, 2.05) is 42.5 Å². The number of ether oxygens (including phenoxy) is 1. The number of H-pyrrole nitrogens is 1. The summed E-state index contributed by atoms with van der Waals surface area (Å²) in [7, 11) is 0. The lowest BCUT2D eigenvalue weighted by atomic mass is 9.83. The lowest BCUT2D eigenvalue weighted by Crippen LogP contribution is -2.25. The molecule has 0 fully saturated rings. The maximum absolute atomic E-state index is 13.0. The number of hydrogen-bond donors (Lipinski definition) is 2. The van der Waals surface area contributed by atoms with E-state index in [1.165, 1.54) is 5.56 Å². The zero-order valence-electron chi connectivity index (χ0n) is 16.3. The lowest BCUT2D eigenvalue weighted by molar-refractivity contribution is 0.397. The summed E-state index contributed by atoms with van der Waals surface area (Å²) in [4.78, 5) is 20.4. The third kappa shape index (κ3) is 2.64. The number of pyridine rings is 2. The van der Waals surface area contributed by atoms with Crippen LogP contribution >= 0.6 is 0 Å². The molecule has 0 saturated heterocycles. The van der Waals surface area contributed by atoms with Crippen molar-refractivity contribution in [1.82, 2.24) is 9.97 Å². The topological polar surface area (TPSA) is 105 Å². The highest BCUT2D eigenvalue weighted by atomic mass is 16.5. The van der Waals surface area contributed by atoms with E-state index < -0.39 is 5.92 Å². The highest BCUT2D eigenvalue weighted by Crippen LogP contribution is 2.44. The predicted molar refractivity (Wildman–Crippen MR) is 115 cm³/mol. The number of benzene rings is 2. The average Bonchev–Trinajstić information content (AvgIpc) is 2.77. The quantitative estimate of drug-likeness (QED) is 0.537. The van der Waals surface area contributed by atoms with Gasteiger partial charge in [-0.05, 0) is 41.6 Å². The first kappa shape index (κ1) is 18.0. The molecule has 2 aromatic heterocycles. The smallest absolute Gasteiger partial charge is 0.252 e. The van der Waals surface area contributed by atoms with Gasteiger partial charge in [0, 0.05) is 28.2 Å². The number of rotatable bonds is 2.